The van der Waals surface area contributed by atoms with Gasteiger partial charge < -0.3 is 34.3 Å². The molecule has 39 heavy (non-hydrogen) atoms. The molecule has 2 bridgehead atoms. The molecular weight excluding hydrogens is 500 g/mol. The van der Waals surface area contributed by atoms with Crippen LogP contribution < -0.4 is 18.9 Å². The van der Waals surface area contributed by atoms with Gasteiger partial charge in [0.25, 0.3) is 0 Å². The van der Waals surface area contributed by atoms with Crippen LogP contribution in [0.5, 0.6) is 34.5 Å². The van der Waals surface area contributed by atoms with E-state index >= 15 is 0 Å². The highest BCUT2D eigenvalue weighted by molar-refractivity contribution is 5.67. The summed E-state index contributed by atoms with van der Waals surface area (Å²) in [4.78, 5) is 4.96. The summed E-state index contributed by atoms with van der Waals surface area (Å²) in [7, 11) is 6.45. The van der Waals surface area contributed by atoms with Gasteiger partial charge in [-0.2, -0.15) is 0 Å². The Balaban J connectivity index is 1.81. The van der Waals surface area contributed by atoms with Crippen molar-refractivity contribution in [2.45, 2.75) is 77.2 Å². The summed E-state index contributed by atoms with van der Waals surface area (Å²) in [6.07, 6.45) is 1.73. The second kappa shape index (κ2) is 10.3. The maximum Gasteiger partial charge on any atom is 0.167 e. The SMILES string of the molecule is CCN1C2Cc3c(OC)c(C)c(OC)c(O)c3C1[C@@H]1Cc3c(O)c(C)c(OC)c(OC)c3[C@H](CCO)N1[C@H]2C. The van der Waals surface area contributed by atoms with Crippen molar-refractivity contribution in [1.82, 2.24) is 9.80 Å². The molecule has 2 aromatic carbocycles. The zero-order valence-electron chi connectivity index (χ0n) is 24.3. The first-order valence-corrected chi connectivity index (χ1v) is 13.8. The van der Waals surface area contributed by atoms with E-state index in [1.165, 1.54) is 0 Å². The summed E-state index contributed by atoms with van der Waals surface area (Å²) in [5.41, 5.74) is 4.96. The predicted octanol–water partition coefficient (Wildman–Crippen LogP) is 3.79. The molecular formula is C30H42N2O7. The van der Waals surface area contributed by atoms with E-state index in [0.717, 1.165) is 40.1 Å². The number of rotatable bonds is 7. The van der Waals surface area contributed by atoms with Crippen molar-refractivity contribution in [2.75, 3.05) is 41.6 Å². The number of piperazine rings is 1. The molecule has 0 aliphatic carbocycles. The number of benzene rings is 2. The zero-order valence-corrected chi connectivity index (χ0v) is 24.3. The molecule has 3 N–H and O–H groups in total. The second-order valence-electron chi connectivity index (χ2n) is 10.9. The van der Waals surface area contributed by atoms with Gasteiger partial charge in [0.05, 0.1) is 34.5 Å². The largest absolute Gasteiger partial charge is 0.507 e. The Kier molecular flexibility index (Phi) is 7.28. The molecule has 0 aromatic heterocycles. The van der Waals surface area contributed by atoms with E-state index in [2.05, 4.69) is 23.6 Å². The highest BCUT2D eigenvalue weighted by atomic mass is 16.5. The number of methoxy groups -OCH3 is 4. The predicted molar refractivity (Wildman–Crippen MR) is 148 cm³/mol. The van der Waals surface area contributed by atoms with Crippen molar-refractivity contribution >= 4 is 0 Å². The van der Waals surface area contributed by atoms with Crippen LogP contribution in [0.2, 0.25) is 0 Å². The molecule has 5 rings (SSSR count). The van der Waals surface area contributed by atoms with E-state index in [9.17, 15) is 15.3 Å². The lowest BCUT2D eigenvalue weighted by molar-refractivity contribution is -0.0976. The molecule has 0 amide bonds. The number of phenols is 2. The number of ether oxygens (including phenoxy) is 4. The molecule has 9 nitrogen and oxygen atoms in total. The highest BCUT2D eigenvalue weighted by Crippen LogP contribution is 2.59. The standard InChI is InChI=1S/C30H42N2O7/c1-9-31-20-13-18-23(26(35)28(37-6)15(3)27(18)36-5)24(31)21-12-17-22(19(10-11-33)32(21)16(20)4)30(39-8)29(38-7)14(2)25(17)34/h16,19-21,24,33-35H,9-13H2,1-8H3/t16-,19-,20?,21-,24?/m0/s1. The van der Waals surface area contributed by atoms with Crippen LogP contribution in [0.1, 0.15) is 65.7 Å². The molecule has 1 fully saturated rings. The lowest BCUT2D eigenvalue weighted by atomic mass is 9.71. The molecule has 0 radical (unpaired) electrons. The molecule has 2 aromatic rings. The highest BCUT2D eigenvalue weighted by Gasteiger charge is 2.56. The Bertz CT molecular complexity index is 1280. The average Bonchev–Trinajstić information content (AvgIpc) is 2.93. The monoisotopic (exact) mass is 542 g/mol. The van der Waals surface area contributed by atoms with Crippen molar-refractivity contribution in [2.24, 2.45) is 0 Å². The van der Waals surface area contributed by atoms with Crippen molar-refractivity contribution < 1.29 is 34.3 Å². The number of fused-ring (bicyclic) bond motifs is 7. The van der Waals surface area contributed by atoms with Gasteiger partial charge in [0.2, 0.25) is 0 Å². The minimum Gasteiger partial charge on any atom is -0.507 e. The Hall–Kier alpha value is -2.88. The first kappa shape index (κ1) is 27.7. The quantitative estimate of drug-likeness (QED) is 0.482. The topological polar surface area (TPSA) is 104 Å². The van der Waals surface area contributed by atoms with Crippen molar-refractivity contribution in [1.29, 1.82) is 0 Å². The van der Waals surface area contributed by atoms with Crippen LogP contribution in [0, 0.1) is 13.8 Å². The lowest BCUT2D eigenvalue weighted by Crippen LogP contribution is -2.68. The fourth-order valence-electron chi connectivity index (χ4n) is 8.00. The van der Waals surface area contributed by atoms with E-state index in [-0.39, 0.29) is 48.3 Å². The number of aliphatic hydroxyl groups is 1. The van der Waals surface area contributed by atoms with E-state index in [0.29, 0.717) is 42.1 Å². The fraction of sp³-hybridized carbons (Fsp3) is 0.600. The number of aliphatic hydroxyl groups excluding tert-OH is 1. The smallest absolute Gasteiger partial charge is 0.167 e. The fourth-order valence-corrected chi connectivity index (χ4v) is 8.00. The van der Waals surface area contributed by atoms with Gasteiger partial charge in [-0.05, 0) is 46.6 Å². The molecule has 1 saturated heterocycles. The van der Waals surface area contributed by atoms with Crippen molar-refractivity contribution in [3.63, 3.8) is 0 Å². The van der Waals surface area contributed by atoms with E-state index < -0.39 is 0 Å². The second-order valence-corrected chi connectivity index (χ2v) is 10.9. The van der Waals surface area contributed by atoms with Gasteiger partial charge in [0.15, 0.2) is 23.0 Å². The van der Waals surface area contributed by atoms with Crippen LogP contribution in [-0.4, -0.2) is 84.8 Å². The summed E-state index contributed by atoms with van der Waals surface area (Å²) >= 11 is 0. The van der Waals surface area contributed by atoms with Gasteiger partial charge in [-0.25, -0.2) is 0 Å². The normalized spacial score (nSPS) is 25.9. The molecule has 5 atom stereocenters. The number of aromatic hydroxyl groups is 2. The van der Waals surface area contributed by atoms with Crippen molar-refractivity contribution in [3.05, 3.63) is 33.4 Å². The molecule has 3 aliphatic rings. The molecule has 3 heterocycles. The lowest BCUT2D eigenvalue weighted by Gasteiger charge is -2.62. The van der Waals surface area contributed by atoms with Gasteiger partial charge >= 0.3 is 0 Å². The maximum absolute atomic E-state index is 11.7. The molecule has 2 unspecified atom stereocenters. The Morgan fingerprint density at radius 1 is 0.769 bits per heavy atom. The van der Waals surface area contributed by atoms with Crippen LogP contribution in [-0.2, 0) is 12.8 Å². The number of hydrogen-bond acceptors (Lipinski definition) is 9. The maximum atomic E-state index is 11.7. The summed E-state index contributed by atoms with van der Waals surface area (Å²) in [5, 5.41) is 33.4. The Labute approximate surface area is 230 Å². The van der Waals surface area contributed by atoms with Gasteiger partial charge in [0.1, 0.15) is 11.5 Å². The van der Waals surface area contributed by atoms with Crippen LogP contribution >= 0.6 is 0 Å². The Morgan fingerprint density at radius 2 is 1.38 bits per heavy atom. The molecule has 0 saturated carbocycles. The molecule has 214 valence electrons. The number of hydrogen-bond donors (Lipinski definition) is 3. The van der Waals surface area contributed by atoms with E-state index in [1.807, 2.05) is 13.8 Å². The van der Waals surface area contributed by atoms with Crippen LogP contribution in [0.3, 0.4) is 0 Å². The average molecular weight is 543 g/mol. The van der Waals surface area contributed by atoms with E-state index in [4.69, 9.17) is 18.9 Å². The number of phenolic OH excluding ortho intramolecular Hbond substituents is 2. The summed E-state index contributed by atoms with van der Waals surface area (Å²) in [6.45, 7) is 8.94. The zero-order chi connectivity index (χ0) is 28.3. The first-order valence-electron chi connectivity index (χ1n) is 13.8. The van der Waals surface area contributed by atoms with Crippen LogP contribution in [0.15, 0.2) is 0 Å². The summed E-state index contributed by atoms with van der Waals surface area (Å²) < 4.78 is 23.2. The third kappa shape index (κ3) is 3.69. The van der Waals surface area contributed by atoms with Gasteiger partial charge in [-0.1, -0.05) is 6.92 Å². The van der Waals surface area contributed by atoms with Crippen LogP contribution in [0.25, 0.3) is 0 Å². The molecule has 0 spiro atoms. The summed E-state index contributed by atoms with van der Waals surface area (Å²) in [6, 6.07) is -0.218. The number of nitrogens with zero attached hydrogens (tertiary/aromatic N) is 2. The molecule has 9 heteroatoms. The minimum atomic E-state index is -0.212. The van der Waals surface area contributed by atoms with Gasteiger partial charge in [0, 0.05) is 64.2 Å². The number of likely N-dealkylation sites (N-methyl/N-ethyl adjacent to an activating group) is 1. The van der Waals surface area contributed by atoms with E-state index in [1.54, 1.807) is 28.4 Å². The summed E-state index contributed by atoms with van der Waals surface area (Å²) in [5.74, 6) is 2.67. The Morgan fingerprint density at radius 3 is 1.95 bits per heavy atom. The first-order chi connectivity index (χ1) is 18.7. The third-order valence-electron chi connectivity index (χ3n) is 9.47. The van der Waals surface area contributed by atoms with Gasteiger partial charge in [-0.3, -0.25) is 9.80 Å². The van der Waals surface area contributed by atoms with Gasteiger partial charge in [-0.15, -0.1) is 0 Å². The van der Waals surface area contributed by atoms with Crippen LogP contribution in [0.4, 0.5) is 0 Å². The third-order valence-corrected chi connectivity index (χ3v) is 9.47. The van der Waals surface area contributed by atoms with Crippen molar-refractivity contribution in [3.8, 4) is 34.5 Å². The minimum absolute atomic E-state index is 0.0182. The molecule has 3 aliphatic heterocycles.